The zero-order chi connectivity index (χ0) is 17.7. The SMILES string of the molecule is CC(C)C(CCO)NC(=O)c1ccn(-c2cccc([N+](=O)[O-])c2)n1. The second-order valence-corrected chi connectivity index (χ2v) is 5.76. The first-order valence-corrected chi connectivity index (χ1v) is 7.64. The van der Waals surface area contributed by atoms with Gasteiger partial charge in [-0.3, -0.25) is 14.9 Å². The number of hydrogen-bond acceptors (Lipinski definition) is 5. The monoisotopic (exact) mass is 332 g/mol. The highest BCUT2D eigenvalue weighted by molar-refractivity contribution is 5.92. The van der Waals surface area contributed by atoms with Crippen molar-refractivity contribution in [3.63, 3.8) is 0 Å². The Kier molecular flexibility index (Phi) is 5.64. The molecule has 0 aliphatic rings. The van der Waals surface area contributed by atoms with E-state index < -0.39 is 4.92 Å². The van der Waals surface area contributed by atoms with E-state index in [-0.39, 0.29) is 35.9 Å². The highest BCUT2D eigenvalue weighted by atomic mass is 16.6. The van der Waals surface area contributed by atoms with Crippen molar-refractivity contribution in [2.24, 2.45) is 5.92 Å². The molecule has 1 atom stereocenters. The number of carbonyl (C=O) groups excluding carboxylic acids is 1. The molecule has 8 heteroatoms. The van der Waals surface area contributed by atoms with Crippen LogP contribution in [-0.2, 0) is 0 Å². The smallest absolute Gasteiger partial charge is 0.272 e. The van der Waals surface area contributed by atoms with Gasteiger partial charge in [-0.2, -0.15) is 5.10 Å². The van der Waals surface area contributed by atoms with Gasteiger partial charge in [-0.15, -0.1) is 0 Å². The van der Waals surface area contributed by atoms with Crippen LogP contribution >= 0.6 is 0 Å². The number of nitrogens with one attached hydrogen (secondary N) is 1. The number of aromatic nitrogens is 2. The van der Waals surface area contributed by atoms with E-state index in [9.17, 15) is 14.9 Å². The van der Waals surface area contributed by atoms with Crippen molar-refractivity contribution in [3.8, 4) is 5.69 Å². The summed E-state index contributed by atoms with van der Waals surface area (Å²) in [5, 5.41) is 26.9. The van der Waals surface area contributed by atoms with Gasteiger partial charge in [0.1, 0.15) is 0 Å². The largest absolute Gasteiger partial charge is 0.396 e. The first-order valence-electron chi connectivity index (χ1n) is 7.64. The first-order chi connectivity index (χ1) is 11.4. The Labute approximate surface area is 139 Å². The van der Waals surface area contributed by atoms with Crippen molar-refractivity contribution in [1.29, 1.82) is 0 Å². The van der Waals surface area contributed by atoms with Crippen LogP contribution < -0.4 is 5.32 Å². The number of aliphatic hydroxyl groups excluding tert-OH is 1. The summed E-state index contributed by atoms with van der Waals surface area (Å²) >= 11 is 0. The molecule has 8 nitrogen and oxygen atoms in total. The molecule has 1 aromatic carbocycles. The molecule has 0 bridgehead atoms. The predicted molar refractivity (Wildman–Crippen MR) is 88.0 cm³/mol. The lowest BCUT2D eigenvalue weighted by molar-refractivity contribution is -0.384. The normalized spacial score (nSPS) is 12.2. The van der Waals surface area contributed by atoms with Crippen LogP contribution in [0.15, 0.2) is 36.5 Å². The highest BCUT2D eigenvalue weighted by Gasteiger charge is 2.18. The molecule has 1 aromatic heterocycles. The van der Waals surface area contributed by atoms with Gasteiger partial charge in [0.2, 0.25) is 0 Å². The summed E-state index contributed by atoms with van der Waals surface area (Å²) in [6, 6.07) is 7.41. The van der Waals surface area contributed by atoms with E-state index in [2.05, 4.69) is 10.4 Å². The average Bonchev–Trinajstić information content (AvgIpc) is 3.04. The number of non-ortho nitro benzene ring substituents is 1. The quantitative estimate of drug-likeness (QED) is 0.594. The van der Waals surface area contributed by atoms with Crippen LogP contribution in [0, 0.1) is 16.0 Å². The van der Waals surface area contributed by atoms with Crippen molar-refractivity contribution in [2.75, 3.05) is 6.61 Å². The molecule has 0 radical (unpaired) electrons. The molecule has 0 aliphatic carbocycles. The maximum absolute atomic E-state index is 12.3. The van der Waals surface area contributed by atoms with Crippen LogP contribution in [0.2, 0.25) is 0 Å². The Morgan fingerprint density at radius 3 is 2.79 bits per heavy atom. The number of benzene rings is 1. The number of hydrogen-bond donors (Lipinski definition) is 2. The minimum absolute atomic E-state index is 0.00868. The van der Waals surface area contributed by atoms with Crippen LogP contribution in [0.5, 0.6) is 0 Å². The molecular weight excluding hydrogens is 312 g/mol. The number of aliphatic hydroxyl groups is 1. The summed E-state index contributed by atoms with van der Waals surface area (Å²) in [5.41, 5.74) is 0.668. The molecule has 1 amide bonds. The summed E-state index contributed by atoms with van der Waals surface area (Å²) in [6.07, 6.45) is 2.04. The third-order valence-corrected chi connectivity index (χ3v) is 3.69. The summed E-state index contributed by atoms with van der Waals surface area (Å²) in [5.74, 6) is -0.161. The van der Waals surface area contributed by atoms with Gasteiger partial charge in [0.25, 0.3) is 11.6 Å². The number of nitro groups is 1. The van der Waals surface area contributed by atoms with Crippen LogP contribution in [0.25, 0.3) is 5.69 Å². The van der Waals surface area contributed by atoms with E-state index in [0.717, 1.165) is 0 Å². The molecule has 0 saturated carbocycles. The molecule has 0 spiro atoms. The first kappa shape index (κ1) is 17.6. The average molecular weight is 332 g/mol. The molecule has 0 fully saturated rings. The van der Waals surface area contributed by atoms with Crippen molar-refractivity contribution in [3.05, 3.63) is 52.3 Å². The number of rotatable bonds is 7. The zero-order valence-corrected chi connectivity index (χ0v) is 13.5. The maximum Gasteiger partial charge on any atom is 0.272 e. The van der Waals surface area contributed by atoms with Gasteiger partial charge in [0.15, 0.2) is 5.69 Å². The van der Waals surface area contributed by atoms with Crippen LogP contribution in [-0.4, -0.2) is 38.4 Å². The molecule has 2 aromatic rings. The van der Waals surface area contributed by atoms with Crippen LogP contribution in [0.4, 0.5) is 5.69 Å². The topological polar surface area (TPSA) is 110 Å². The van der Waals surface area contributed by atoms with Gasteiger partial charge in [-0.25, -0.2) is 4.68 Å². The second kappa shape index (κ2) is 7.69. The Bertz CT molecular complexity index is 726. The van der Waals surface area contributed by atoms with Crippen molar-refractivity contribution >= 4 is 11.6 Å². The van der Waals surface area contributed by atoms with Gasteiger partial charge in [-0.05, 0) is 24.5 Å². The van der Waals surface area contributed by atoms with E-state index in [4.69, 9.17) is 5.11 Å². The second-order valence-electron chi connectivity index (χ2n) is 5.76. The minimum atomic E-state index is -0.483. The minimum Gasteiger partial charge on any atom is -0.396 e. The molecule has 24 heavy (non-hydrogen) atoms. The number of carbonyl (C=O) groups is 1. The van der Waals surface area contributed by atoms with Crippen LogP contribution in [0.1, 0.15) is 30.8 Å². The number of nitro benzene ring substituents is 1. The summed E-state index contributed by atoms with van der Waals surface area (Å²) in [4.78, 5) is 22.6. The molecule has 128 valence electrons. The van der Waals surface area contributed by atoms with Crippen molar-refractivity contribution in [1.82, 2.24) is 15.1 Å². The van der Waals surface area contributed by atoms with Gasteiger partial charge < -0.3 is 10.4 Å². The zero-order valence-electron chi connectivity index (χ0n) is 13.5. The summed E-state index contributed by atoms with van der Waals surface area (Å²) in [7, 11) is 0. The standard InChI is InChI=1S/C16H20N4O4/c1-11(2)14(7-9-21)17-16(22)15-6-8-19(18-15)12-4-3-5-13(10-12)20(23)24/h3-6,8,10-11,14,21H,7,9H2,1-2H3,(H,17,22). The Morgan fingerprint density at radius 2 is 2.17 bits per heavy atom. The maximum atomic E-state index is 12.3. The number of nitrogens with zero attached hydrogens (tertiary/aromatic N) is 3. The highest BCUT2D eigenvalue weighted by Crippen LogP contribution is 2.16. The lowest BCUT2D eigenvalue weighted by Gasteiger charge is -2.20. The van der Waals surface area contributed by atoms with E-state index in [1.807, 2.05) is 13.8 Å². The Balaban J connectivity index is 2.16. The summed E-state index contributed by atoms with van der Waals surface area (Å²) in [6.45, 7) is 3.91. The molecule has 2 N–H and O–H groups in total. The number of amides is 1. The lowest BCUT2D eigenvalue weighted by atomic mass is 10.0. The van der Waals surface area contributed by atoms with Gasteiger partial charge in [0, 0.05) is 31.0 Å². The lowest BCUT2D eigenvalue weighted by Crippen LogP contribution is -2.39. The Morgan fingerprint density at radius 1 is 1.42 bits per heavy atom. The van der Waals surface area contributed by atoms with E-state index in [1.54, 1.807) is 24.4 Å². The molecular formula is C16H20N4O4. The van der Waals surface area contributed by atoms with Gasteiger partial charge in [0.05, 0.1) is 10.6 Å². The Hall–Kier alpha value is -2.74. The molecule has 2 rings (SSSR count). The van der Waals surface area contributed by atoms with Crippen molar-refractivity contribution < 1.29 is 14.8 Å². The fourth-order valence-electron chi connectivity index (χ4n) is 2.29. The third-order valence-electron chi connectivity index (χ3n) is 3.69. The van der Waals surface area contributed by atoms with E-state index in [1.165, 1.54) is 16.8 Å². The molecule has 1 heterocycles. The predicted octanol–water partition coefficient (Wildman–Crippen LogP) is 1.92. The fourth-order valence-corrected chi connectivity index (χ4v) is 2.29. The molecule has 0 saturated heterocycles. The van der Waals surface area contributed by atoms with Crippen molar-refractivity contribution in [2.45, 2.75) is 26.3 Å². The summed E-state index contributed by atoms with van der Waals surface area (Å²) < 4.78 is 1.42. The van der Waals surface area contributed by atoms with Gasteiger partial charge >= 0.3 is 0 Å². The molecule has 1 unspecified atom stereocenters. The van der Waals surface area contributed by atoms with E-state index >= 15 is 0 Å². The van der Waals surface area contributed by atoms with Crippen LogP contribution in [0.3, 0.4) is 0 Å². The molecule has 0 aliphatic heterocycles. The third kappa shape index (κ3) is 4.17. The van der Waals surface area contributed by atoms with E-state index in [0.29, 0.717) is 12.1 Å². The fraction of sp³-hybridized carbons (Fsp3) is 0.375. The van der Waals surface area contributed by atoms with Gasteiger partial charge in [-0.1, -0.05) is 19.9 Å².